The first-order valence-corrected chi connectivity index (χ1v) is 20.1. The fourth-order valence-electron chi connectivity index (χ4n) is 7.78. The fraction of sp³-hybridized carbons (Fsp3) is 0.419. The minimum atomic E-state index is -4.31. The number of aromatic amines is 1. The highest BCUT2D eigenvalue weighted by atomic mass is 19.4. The summed E-state index contributed by atoms with van der Waals surface area (Å²) in [6, 6.07) is 10.7. The number of benzene rings is 2. The highest BCUT2D eigenvalue weighted by Crippen LogP contribution is 2.34. The molecule has 2 aliphatic carbocycles. The zero-order valence-electron chi connectivity index (χ0n) is 35.0. The smallest absolute Gasteiger partial charge is 0.419 e. The lowest BCUT2D eigenvalue weighted by atomic mass is 10.1. The summed E-state index contributed by atoms with van der Waals surface area (Å²) in [5.41, 5.74) is 4.82. The van der Waals surface area contributed by atoms with Crippen LogP contribution in [0.5, 0.6) is 11.5 Å². The van der Waals surface area contributed by atoms with E-state index in [4.69, 9.17) is 14.2 Å². The van der Waals surface area contributed by atoms with Crippen LogP contribution in [0.1, 0.15) is 57.1 Å². The van der Waals surface area contributed by atoms with E-state index in [1.807, 2.05) is 18.2 Å². The predicted molar refractivity (Wildman–Crippen MR) is 220 cm³/mol. The van der Waals surface area contributed by atoms with E-state index in [0.717, 1.165) is 31.4 Å². The first-order chi connectivity index (χ1) is 29.6. The van der Waals surface area contributed by atoms with E-state index in [1.165, 1.54) is 37.0 Å². The third kappa shape index (κ3) is 11.3. The number of hydrogen-bond acceptors (Lipinski definition) is 8. The van der Waals surface area contributed by atoms with Crippen LogP contribution in [-0.2, 0) is 53.1 Å². The Hall–Kier alpha value is -6.47. The van der Waals surface area contributed by atoms with Gasteiger partial charge in [-0.2, -0.15) is 36.5 Å². The van der Waals surface area contributed by atoms with Gasteiger partial charge in [-0.05, 0) is 94.0 Å². The predicted octanol–water partition coefficient (Wildman–Crippen LogP) is 8.61. The van der Waals surface area contributed by atoms with Crippen LogP contribution < -0.4 is 20.1 Å². The number of rotatable bonds is 10. The standard InChI is InChI=1S/C24H27F3N4O4.C19H19F3N4O2/c1-14(32)28-20-11-31(22(33)35-23(2,3)4)21-6-5-17(9-18(20)21)34-12-15-7-16-10-30(13-24(25,26)27)29-19(16)8-15;1-11(27)25-17-8-23-16-3-2-14(6-15(16)17)28-9-12-4-13-7-24-26(18(13)5-12)10-19(20,21)22/h5-6,9-11,15H,7-8,12-13H2,1-4H3,(H,28,32);2-3,6-8,12,23H,4-5,9-10H2,1H3,(H,25,27). The third-order valence-corrected chi connectivity index (χ3v) is 10.2. The van der Waals surface area contributed by atoms with Crippen molar-refractivity contribution < 1.29 is 54.9 Å². The molecule has 2 aromatic carbocycles. The molecule has 0 fully saturated rings. The van der Waals surface area contributed by atoms with Crippen molar-refractivity contribution in [3.63, 3.8) is 0 Å². The molecule has 2 unspecified atom stereocenters. The van der Waals surface area contributed by atoms with Crippen molar-refractivity contribution in [2.45, 2.75) is 91.3 Å². The van der Waals surface area contributed by atoms with Crippen LogP contribution in [0.4, 0.5) is 42.5 Å². The molecule has 0 saturated carbocycles. The number of alkyl halides is 6. The number of aromatic nitrogens is 6. The Morgan fingerprint density at radius 2 is 1.40 bits per heavy atom. The Labute approximate surface area is 356 Å². The number of amides is 2. The number of H-pyrrole nitrogens is 1. The average Bonchev–Trinajstić information content (AvgIpc) is 4.01. The van der Waals surface area contributed by atoms with Gasteiger partial charge < -0.3 is 29.8 Å². The number of fused-ring (bicyclic) bond motifs is 4. The molecule has 0 bridgehead atoms. The first-order valence-electron chi connectivity index (χ1n) is 20.1. The second-order valence-electron chi connectivity index (χ2n) is 16.8. The van der Waals surface area contributed by atoms with Crippen molar-refractivity contribution in [3.05, 3.63) is 83.7 Å². The molecule has 8 rings (SSSR count). The maximum Gasteiger partial charge on any atom is 0.419 e. The van der Waals surface area contributed by atoms with Gasteiger partial charge in [-0.3, -0.25) is 23.5 Å². The molecule has 2 aliphatic rings. The number of carbonyl (C=O) groups is 3. The van der Waals surface area contributed by atoms with Crippen LogP contribution >= 0.6 is 0 Å². The van der Waals surface area contributed by atoms with Crippen molar-refractivity contribution in [2.24, 2.45) is 11.8 Å². The summed E-state index contributed by atoms with van der Waals surface area (Å²) in [6.07, 6.45) is -0.678. The van der Waals surface area contributed by atoms with Crippen LogP contribution in [0.25, 0.3) is 21.8 Å². The molecular weight excluding hydrogens is 839 g/mol. The van der Waals surface area contributed by atoms with Gasteiger partial charge in [0.1, 0.15) is 30.2 Å². The number of hydrogen-bond donors (Lipinski definition) is 3. The van der Waals surface area contributed by atoms with E-state index in [1.54, 1.807) is 45.2 Å². The van der Waals surface area contributed by atoms with Crippen molar-refractivity contribution in [1.82, 2.24) is 29.1 Å². The van der Waals surface area contributed by atoms with Gasteiger partial charge in [0.2, 0.25) is 11.8 Å². The van der Waals surface area contributed by atoms with Gasteiger partial charge in [-0.1, -0.05) is 0 Å². The highest BCUT2D eigenvalue weighted by molar-refractivity contribution is 6.04. The average molecular weight is 885 g/mol. The topological polar surface area (TPSA) is 159 Å². The Balaban J connectivity index is 0.000000193. The summed E-state index contributed by atoms with van der Waals surface area (Å²) in [5.74, 6) is 0.924. The maximum absolute atomic E-state index is 12.7. The molecule has 0 aliphatic heterocycles. The second kappa shape index (κ2) is 17.4. The zero-order chi connectivity index (χ0) is 45.4. The minimum absolute atomic E-state index is 0.0879. The highest BCUT2D eigenvalue weighted by Gasteiger charge is 2.34. The number of ether oxygens (including phenoxy) is 3. The normalized spacial score (nSPS) is 16.0. The summed E-state index contributed by atoms with van der Waals surface area (Å²) >= 11 is 0. The van der Waals surface area contributed by atoms with Gasteiger partial charge in [0.05, 0.1) is 42.0 Å². The molecule has 4 heterocycles. The minimum Gasteiger partial charge on any atom is -0.493 e. The number of carbonyl (C=O) groups excluding carboxylic acids is 3. The molecule has 336 valence electrons. The van der Waals surface area contributed by atoms with Gasteiger partial charge in [-0.25, -0.2) is 4.79 Å². The van der Waals surface area contributed by atoms with Gasteiger partial charge in [0.15, 0.2) is 0 Å². The van der Waals surface area contributed by atoms with Crippen LogP contribution in [0.2, 0.25) is 0 Å². The van der Waals surface area contributed by atoms with Crippen LogP contribution in [0.15, 0.2) is 61.2 Å². The molecule has 4 aromatic heterocycles. The van der Waals surface area contributed by atoms with E-state index in [0.29, 0.717) is 84.1 Å². The lowest BCUT2D eigenvalue weighted by Gasteiger charge is -2.19. The summed E-state index contributed by atoms with van der Waals surface area (Å²) < 4.78 is 96.4. The summed E-state index contributed by atoms with van der Waals surface area (Å²) in [4.78, 5) is 38.7. The van der Waals surface area contributed by atoms with Gasteiger partial charge in [0.25, 0.3) is 0 Å². The van der Waals surface area contributed by atoms with Gasteiger partial charge >= 0.3 is 18.4 Å². The molecule has 14 nitrogen and oxygen atoms in total. The molecule has 20 heteroatoms. The number of halogens is 6. The van der Waals surface area contributed by atoms with Crippen LogP contribution in [0, 0.1) is 11.8 Å². The quantitative estimate of drug-likeness (QED) is 0.115. The molecular formula is C43H46F6N8O6. The fourth-order valence-corrected chi connectivity index (χ4v) is 7.78. The van der Waals surface area contributed by atoms with E-state index >= 15 is 0 Å². The van der Waals surface area contributed by atoms with Crippen molar-refractivity contribution >= 4 is 51.1 Å². The molecule has 2 amide bonds. The lowest BCUT2D eigenvalue weighted by Crippen LogP contribution is -2.26. The van der Waals surface area contributed by atoms with Crippen molar-refractivity contribution in [2.75, 3.05) is 23.8 Å². The first kappa shape index (κ1) is 44.6. The van der Waals surface area contributed by atoms with Crippen LogP contribution in [-0.4, -0.2) is 78.2 Å². The van der Waals surface area contributed by atoms with E-state index in [9.17, 15) is 40.7 Å². The Morgan fingerprint density at radius 1 is 0.778 bits per heavy atom. The second-order valence-corrected chi connectivity index (χ2v) is 16.8. The maximum atomic E-state index is 12.7. The Bertz CT molecular complexity index is 2630. The summed E-state index contributed by atoms with van der Waals surface area (Å²) in [5, 5.41) is 14.8. The Kier molecular flexibility index (Phi) is 12.3. The zero-order valence-corrected chi connectivity index (χ0v) is 35.0. The van der Waals surface area contributed by atoms with Gasteiger partial charge in [0, 0.05) is 66.3 Å². The molecule has 2 atom stereocenters. The van der Waals surface area contributed by atoms with Crippen LogP contribution in [0.3, 0.4) is 0 Å². The number of nitrogens with zero attached hydrogens (tertiary/aromatic N) is 5. The lowest BCUT2D eigenvalue weighted by molar-refractivity contribution is -0.143. The van der Waals surface area contributed by atoms with Gasteiger partial charge in [-0.15, -0.1) is 0 Å². The third-order valence-electron chi connectivity index (χ3n) is 10.2. The van der Waals surface area contributed by atoms with Crippen molar-refractivity contribution in [3.8, 4) is 11.5 Å². The van der Waals surface area contributed by atoms with Crippen molar-refractivity contribution in [1.29, 1.82) is 0 Å². The molecule has 0 spiro atoms. The largest absolute Gasteiger partial charge is 0.493 e. The Morgan fingerprint density at radius 3 is 2.03 bits per heavy atom. The molecule has 0 saturated heterocycles. The molecule has 0 radical (unpaired) electrons. The molecule has 3 N–H and O–H groups in total. The molecule has 63 heavy (non-hydrogen) atoms. The van der Waals surface area contributed by atoms with E-state index in [2.05, 4.69) is 25.8 Å². The molecule has 6 aromatic rings. The summed E-state index contributed by atoms with van der Waals surface area (Å²) in [6.45, 7) is 6.71. The number of anilines is 2. The number of nitrogens with one attached hydrogen (secondary N) is 3. The summed E-state index contributed by atoms with van der Waals surface area (Å²) in [7, 11) is 0. The van der Waals surface area contributed by atoms with E-state index < -0.39 is 37.1 Å². The monoisotopic (exact) mass is 884 g/mol. The van der Waals surface area contributed by atoms with E-state index in [-0.39, 0.29) is 23.7 Å². The SMILES string of the molecule is CC(=O)Nc1c[nH]c2ccc(OCC3Cc4cnn(CC(F)(F)F)c4C3)cc12.CC(=O)Nc1cn(C(=O)OC(C)(C)C)c2ccc(OCC3Cc4cn(CC(F)(F)F)nc4C3)cc12.